The van der Waals surface area contributed by atoms with Crippen molar-refractivity contribution in [2.24, 2.45) is 5.92 Å². The first-order valence-electron chi connectivity index (χ1n) is 7.40. The Bertz CT molecular complexity index is 156. The summed E-state index contributed by atoms with van der Waals surface area (Å²) < 4.78 is 12.1. The van der Waals surface area contributed by atoms with Gasteiger partial charge in [-0.2, -0.15) is 0 Å². The molecule has 0 aromatic rings. The zero-order valence-corrected chi connectivity index (χ0v) is 13.7. The summed E-state index contributed by atoms with van der Waals surface area (Å²) in [5.74, 6) is 0.593. The van der Waals surface area contributed by atoms with Crippen molar-refractivity contribution in [2.75, 3.05) is 6.61 Å². The standard InChI is InChI=1S/C8H17O2.2C3H7.Al/c1-4-5-8(9)10-6-7(2)3;2*1-3-2;/h7-8H,4-6H2,1-3H3;2*1,3H2,2H3;/q-1;;;+1. The van der Waals surface area contributed by atoms with E-state index >= 15 is 0 Å². The molecule has 1 unspecified atom stereocenters. The smallest absolute Gasteiger partial charge is 0.462 e. The Morgan fingerprint density at radius 3 is 1.94 bits per heavy atom. The Balaban J connectivity index is 4.07. The van der Waals surface area contributed by atoms with Crippen LogP contribution in [0.4, 0.5) is 0 Å². The van der Waals surface area contributed by atoms with Gasteiger partial charge < -0.3 is 8.53 Å². The van der Waals surface area contributed by atoms with Gasteiger partial charge in [0.25, 0.3) is 0 Å². The van der Waals surface area contributed by atoms with Crippen LogP contribution in [0.25, 0.3) is 0 Å². The average Bonchev–Trinajstić information content (AvgIpc) is 2.27. The van der Waals surface area contributed by atoms with Crippen LogP contribution in [0, 0.1) is 5.92 Å². The van der Waals surface area contributed by atoms with Gasteiger partial charge in [0.15, 0.2) is 0 Å². The third-order valence-corrected chi connectivity index (χ3v) is 5.84. The summed E-state index contributed by atoms with van der Waals surface area (Å²) in [6, 6.07) is 0. The molecule has 0 amide bonds. The predicted molar refractivity (Wildman–Crippen MR) is 76.5 cm³/mol. The molecule has 0 bridgehead atoms. The number of hydrogen-bond donors (Lipinski definition) is 0. The molecular weight excluding hydrogens is 227 g/mol. The normalized spacial score (nSPS) is 13.1. The highest BCUT2D eigenvalue weighted by Crippen LogP contribution is 2.14. The molecule has 0 aromatic heterocycles. The Morgan fingerprint density at radius 1 is 0.941 bits per heavy atom. The van der Waals surface area contributed by atoms with E-state index in [4.69, 9.17) is 8.53 Å². The minimum atomic E-state index is -1.01. The lowest BCUT2D eigenvalue weighted by atomic mass is 10.2. The quantitative estimate of drug-likeness (QED) is 0.398. The minimum absolute atomic E-state index is 0.0668. The Hall–Kier alpha value is 0.452. The molecule has 1 atom stereocenters. The Labute approximate surface area is 113 Å². The van der Waals surface area contributed by atoms with E-state index < -0.39 is 14.5 Å². The lowest BCUT2D eigenvalue weighted by Crippen LogP contribution is -2.28. The highest BCUT2D eigenvalue weighted by molar-refractivity contribution is 6.51. The SMILES string of the molecule is CCCC(OCC(C)C)[O][Al]([CH2]CC)[CH2]CC. The van der Waals surface area contributed by atoms with E-state index in [1.54, 1.807) is 0 Å². The topological polar surface area (TPSA) is 18.5 Å². The molecule has 0 aliphatic heterocycles. The Morgan fingerprint density at radius 2 is 1.53 bits per heavy atom. The van der Waals surface area contributed by atoms with Gasteiger partial charge >= 0.3 is 14.5 Å². The van der Waals surface area contributed by atoms with E-state index in [1.165, 1.54) is 23.4 Å². The van der Waals surface area contributed by atoms with Crippen molar-refractivity contribution in [2.45, 2.75) is 77.2 Å². The molecule has 0 aliphatic rings. The van der Waals surface area contributed by atoms with Crippen molar-refractivity contribution in [3.8, 4) is 0 Å². The van der Waals surface area contributed by atoms with Gasteiger partial charge in [-0.25, -0.2) is 0 Å². The predicted octanol–water partition coefficient (Wildman–Crippen LogP) is 4.61. The van der Waals surface area contributed by atoms with E-state index in [0.717, 1.165) is 19.4 Å². The first kappa shape index (κ1) is 17.5. The van der Waals surface area contributed by atoms with Crippen LogP contribution < -0.4 is 0 Å². The minimum Gasteiger partial charge on any atom is -0.478 e. The molecule has 17 heavy (non-hydrogen) atoms. The average molecular weight is 258 g/mol. The fraction of sp³-hybridized carbons (Fsp3) is 1.00. The third-order valence-electron chi connectivity index (χ3n) is 2.71. The van der Waals surface area contributed by atoms with E-state index in [1.807, 2.05) is 0 Å². The van der Waals surface area contributed by atoms with Crippen molar-refractivity contribution < 1.29 is 8.53 Å². The molecule has 0 rings (SSSR count). The van der Waals surface area contributed by atoms with Crippen LogP contribution in [0.2, 0.25) is 10.6 Å². The summed E-state index contributed by atoms with van der Waals surface area (Å²) >= 11 is -1.01. The summed E-state index contributed by atoms with van der Waals surface area (Å²) in [5.41, 5.74) is 0. The van der Waals surface area contributed by atoms with Gasteiger partial charge in [-0.15, -0.1) is 0 Å². The maximum Gasteiger partial charge on any atom is 0.462 e. The molecule has 0 saturated carbocycles. The van der Waals surface area contributed by atoms with Gasteiger partial charge in [0.1, 0.15) is 6.29 Å². The zero-order chi connectivity index (χ0) is 13.1. The fourth-order valence-corrected chi connectivity index (χ4v) is 4.36. The molecule has 0 heterocycles. The molecule has 2 nitrogen and oxygen atoms in total. The molecule has 0 aromatic carbocycles. The number of hydrogen-bond acceptors (Lipinski definition) is 2. The van der Waals surface area contributed by atoms with Gasteiger partial charge in [0, 0.05) is 0 Å². The summed E-state index contributed by atoms with van der Waals surface area (Å²) in [4.78, 5) is 0. The van der Waals surface area contributed by atoms with Gasteiger partial charge in [-0.3, -0.25) is 0 Å². The maximum atomic E-state index is 6.24. The van der Waals surface area contributed by atoms with Gasteiger partial charge in [0.2, 0.25) is 0 Å². The van der Waals surface area contributed by atoms with Gasteiger partial charge in [-0.05, 0) is 12.3 Å². The van der Waals surface area contributed by atoms with Crippen LogP contribution in [0.5, 0.6) is 0 Å². The summed E-state index contributed by atoms with van der Waals surface area (Å²) in [6.45, 7) is 11.9. The largest absolute Gasteiger partial charge is 0.478 e. The highest BCUT2D eigenvalue weighted by Gasteiger charge is 2.22. The molecular formula is C14H31AlO2. The monoisotopic (exact) mass is 258 g/mol. The molecule has 0 aliphatic carbocycles. The summed E-state index contributed by atoms with van der Waals surface area (Å²) in [6.07, 6.45) is 4.75. The summed E-state index contributed by atoms with van der Waals surface area (Å²) in [7, 11) is 0. The molecule has 0 spiro atoms. The van der Waals surface area contributed by atoms with Crippen molar-refractivity contribution >= 4 is 14.5 Å². The van der Waals surface area contributed by atoms with Crippen molar-refractivity contribution in [3.63, 3.8) is 0 Å². The number of ether oxygens (including phenoxy) is 1. The first-order chi connectivity index (χ1) is 8.13. The van der Waals surface area contributed by atoms with Crippen LogP contribution in [-0.4, -0.2) is 27.4 Å². The second kappa shape index (κ2) is 11.5. The van der Waals surface area contributed by atoms with E-state index in [2.05, 4.69) is 34.6 Å². The number of rotatable bonds is 11. The third kappa shape index (κ3) is 10.1. The molecule has 102 valence electrons. The van der Waals surface area contributed by atoms with Crippen molar-refractivity contribution in [3.05, 3.63) is 0 Å². The lowest BCUT2D eigenvalue weighted by Gasteiger charge is -2.23. The van der Waals surface area contributed by atoms with E-state index in [9.17, 15) is 0 Å². The van der Waals surface area contributed by atoms with Crippen molar-refractivity contribution in [1.29, 1.82) is 0 Å². The van der Waals surface area contributed by atoms with Crippen LogP contribution in [0.1, 0.15) is 60.3 Å². The highest BCUT2D eigenvalue weighted by atomic mass is 27.2. The van der Waals surface area contributed by atoms with E-state index in [-0.39, 0.29) is 6.29 Å². The van der Waals surface area contributed by atoms with E-state index in [0.29, 0.717) is 5.92 Å². The molecule has 0 saturated heterocycles. The van der Waals surface area contributed by atoms with Crippen LogP contribution in [0.15, 0.2) is 0 Å². The lowest BCUT2D eigenvalue weighted by molar-refractivity contribution is -0.0960. The van der Waals surface area contributed by atoms with Gasteiger partial charge in [-0.1, -0.05) is 64.4 Å². The van der Waals surface area contributed by atoms with Crippen LogP contribution in [-0.2, 0) is 8.53 Å². The second-order valence-electron chi connectivity index (χ2n) is 5.28. The Kier molecular flexibility index (Phi) is 11.8. The van der Waals surface area contributed by atoms with Crippen molar-refractivity contribution in [1.82, 2.24) is 0 Å². The molecule has 3 heteroatoms. The van der Waals surface area contributed by atoms with Crippen LogP contribution in [0.3, 0.4) is 0 Å². The molecule has 0 fully saturated rings. The van der Waals surface area contributed by atoms with Gasteiger partial charge in [0.05, 0.1) is 6.61 Å². The second-order valence-corrected chi connectivity index (χ2v) is 7.95. The fourth-order valence-electron chi connectivity index (χ4n) is 1.87. The summed E-state index contributed by atoms with van der Waals surface area (Å²) in [5, 5.41) is 2.58. The molecule has 0 N–H and O–H groups in total. The molecule has 0 radical (unpaired) electrons. The van der Waals surface area contributed by atoms with Crippen LogP contribution >= 0.6 is 0 Å². The maximum absolute atomic E-state index is 6.24. The zero-order valence-electron chi connectivity index (χ0n) is 12.5. The first-order valence-corrected chi connectivity index (χ1v) is 9.51.